The topological polar surface area (TPSA) is 70.7 Å². The summed E-state index contributed by atoms with van der Waals surface area (Å²) in [6.07, 6.45) is 1.53. The van der Waals surface area contributed by atoms with E-state index in [1.165, 1.54) is 24.3 Å². The molecule has 26 heavy (non-hydrogen) atoms. The zero-order chi connectivity index (χ0) is 18.7. The van der Waals surface area contributed by atoms with Crippen molar-refractivity contribution in [3.63, 3.8) is 0 Å². The van der Waals surface area contributed by atoms with Crippen molar-refractivity contribution in [2.45, 2.75) is 32.7 Å². The summed E-state index contributed by atoms with van der Waals surface area (Å²) in [6.45, 7) is 5.99. The van der Waals surface area contributed by atoms with Gasteiger partial charge in [-0.1, -0.05) is 0 Å². The average molecular weight is 363 g/mol. The number of hydrogen-bond acceptors (Lipinski definition) is 3. The van der Waals surface area contributed by atoms with Gasteiger partial charge < -0.3 is 20.3 Å². The summed E-state index contributed by atoms with van der Waals surface area (Å²) >= 11 is 0. The predicted molar refractivity (Wildman–Crippen MR) is 96.2 cm³/mol. The largest absolute Gasteiger partial charge is 0.381 e. The summed E-state index contributed by atoms with van der Waals surface area (Å²) in [5.41, 5.74) is 0.296. The smallest absolute Gasteiger partial charge is 0.321 e. The Labute approximate surface area is 153 Å². The summed E-state index contributed by atoms with van der Waals surface area (Å²) in [5, 5.41) is 5.78. The van der Waals surface area contributed by atoms with Crippen LogP contribution in [0.5, 0.6) is 0 Å². The lowest BCUT2D eigenvalue weighted by Gasteiger charge is -2.37. The van der Waals surface area contributed by atoms with Gasteiger partial charge in [0.25, 0.3) is 0 Å². The molecule has 1 aromatic rings. The van der Waals surface area contributed by atoms with Crippen molar-refractivity contribution in [1.82, 2.24) is 10.2 Å². The Balaban J connectivity index is 1.73. The molecule has 2 heterocycles. The third-order valence-electron chi connectivity index (χ3n) is 5.27. The van der Waals surface area contributed by atoms with E-state index in [1.807, 2.05) is 13.8 Å². The summed E-state index contributed by atoms with van der Waals surface area (Å²) in [4.78, 5) is 27.1. The Morgan fingerprint density at radius 2 is 1.88 bits per heavy atom. The van der Waals surface area contributed by atoms with Crippen LogP contribution in [0, 0.1) is 17.2 Å². The minimum Gasteiger partial charge on any atom is -0.381 e. The van der Waals surface area contributed by atoms with E-state index in [-0.39, 0.29) is 35.1 Å². The summed E-state index contributed by atoms with van der Waals surface area (Å²) in [6, 6.07) is 5.45. The first kappa shape index (κ1) is 18.6. The number of urea groups is 1. The molecule has 0 aliphatic carbocycles. The zero-order valence-electron chi connectivity index (χ0n) is 15.3. The van der Waals surface area contributed by atoms with E-state index < -0.39 is 0 Å². The first-order valence-corrected chi connectivity index (χ1v) is 9.09. The third-order valence-corrected chi connectivity index (χ3v) is 5.27. The summed E-state index contributed by atoms with van der Waals surface area (Å²) < 4.78 is 18.5. The highest BCUT2D eigenvalue weighted by Gasteiger charge is 2.51. The Hall–Kier alpha value is -2.15. The van der Waals surface area contributed by atoms with E-state index in [0.29, 0.717) is 32.0 Å². The van der Waals surface area contributed by atoms with Crippen molar-refractivity contribution in [2.75, 3.05) is 31.6 Å². The highest BCUT2D eigenvalue weighted by Crippen LogP contribution is 2.44. The van der Waals surface area contributed by atoms with Gasteiger partial charge in [-0.25, -0.2) is 9.18 Å². The Bertz CT molecular complexity index is 656. The van der Waals surface area contributed by atoms with Crippen LogP contribution in [0.15, 0.2) is 24.3 Å². The maximum Gasteiger partial charge on any atom is 0.321 e. The molecule has 2 N–H and O–H groups in total. The number of rotatable bonds is 3. The molecule has 2 saturated heterocycles. The highest BCUT2D eigenvalue weighted by atomic mass is 19.1. The summed E-state index contributed by atoms with van der Waals surface area (Å²) in [7, 11) is 0. The number of ether oxygens (including phenoxy) is 1. The number of likely N-dealkylation sites (tertiary alicyclic amines) is 1. The second-order valence-electron chi connectivity index (χ2n) is 7.51. The number of nitrogens with one attached hydrogen (secondary N) is 2. The molecule has 0 radical (unpaired) electrons. The van der Waals surface area contributed by atoms with Crippen LogP contribution in [0.25, 0.3) is 0 Å². The van der Waals surface area contributed by atoms with E-state index in [9.17, 15) is 14.0 Å². The lowest BCUT2D eigenvalue weighted by atomic mass is 9.71. The second kappa shape index (κ2) is 7.61. The van der Waals surface area contributed by atoms with Gasteiger partial charge in [-0.05, 0) is 51.0 Å². The molecule has 3 rings (SSSR count). The van der Waals surface area contributed by atoms with Gasteiger partial charge >= 0.3 is 6.03 Å². The van der Waals surface area contributed by atoms with E-state index in [1.54, 1.807) is 4.90 Å². The predicted octanol–water partition coefficient (Wildman–Crippen LogP) is 2.61. The monoisotopic (exact) mass is 363 g/mol. The van der Waals surface area contributed by atoms with Gasteiger partial charge in [0, 0.05) is 43.4 Å². The van der Waals surface area contributed by atoms with Gasteiger partial charge in [-0.2, -0.15) is 0 Å². The van der Waals surface area contributed by atoms with E-state index in [0.717, 1.165) is 12.8 Å². The fraction of sp³-hybridized carbons (Fsp3) is 0.579. The molecule has 2 aliphatic heterocycles. The van der Waals surface area contributed by atoms with Crippen molar-refractivity contribution in [2.24, 2.45) is 11.3 Å². The number of hydrogen-bond donors (Lipinski definition) is 2. The van der Waals surface area contributed by atoms with Crippen molar-refractivity contribution >= 4 is 17.6 Å². The molecule has 1 spiro atoms. The maximum absolute atomic E-state index is 13.0. The van der Waals surface area contributed by atoms with Crippen molar-refractivity contribution in [1.29, 1.82) is 0 Å². The molecule has 3 amide bonds. The van der Waals surface area contributed by atoms with E-state index >= 15 is 0 Å². The summed E-state index contributed by atoms with van der Waals surface area (Å²) in [5.74, 6) is -0.595. The van der Waals surface area contributed by atoms with E-state index in [2.05, 4.69) is 10.6 Å². The Morgan fingerprint density at radius 3 is 2.50 bits per heavy atom. The molecular weight excluding hydrogens is 337 g/mol. The number of carbonyl (C=O) groups excluding carboxylic acids is 2. The molecule has 6 nitrogen and oxygen atoms in total. The zero-order valence-corrected chi connectivity index (χ0v) is 15.3. The molecule has 0 aromatic heterocycles. The molecule has 0 unspecified atom stereocenters. The van der Waals surface area contributed by atoms with Crippen LogP contribution in [0.3, 0.4) is 0 Å². The van der Waals surface area contributed by atoms with Gasteiger partial charge in [-0.15, -0.1) is 0 Å². The van der Waals surface area contributed by atoms with Crippen LogP contribution in [-0.4, -0.2) is 49.2 Å². The molecule has 2 aliphatic rings. The molecule has 142 valence electrons. The van der Waals surface area contributed by atoms with Gasteiger partial charge in [0.15, 0.2) is 0 Å². The van der Waals surface area contributed by atoms with E-state index in [4.69, 9.17) is 4.74 Å². The van der Waals surface area contributed by atoms with Gasteiger partial charge in [0.05, 0.1) is 5.92 Å². The third kappa shape index (κ3) is 3.98. The standard InChI is InChI=1S/C19H26FN3O3/c1-13(2)21-17(24)16-11-23(12-19(16)7-9-26-10-8-19)18(25)22-15-5-3-14(20)4-6-15/h3-6,13,16H,7-12H2,1-2H3,(H,21,24)(H,22,25)/t16-/m0/s1. The van der Waals surface area contributed by atoms with Crippen LogP contribution in [0.4, 0.5) is 14.9 Å². The molecule has 1 atom stereocenters. The second-order valence-corrected chi connectivity index (χ2v) is 7.51. The Kier molecular flexibility index (Phi) is 5.46. The number of anilines is 1. The number of halogens is 1. The van der Waals surface area contributed by atoms with Crippen LogP contribution in [-0.2, 0) is 9.53 Å². The first-order valence-electron chi connectivity index (χ1n) is 9.09. The fourth-order valence-electron chi connectivity index (χ4n) is 3.89. The molecule has 0 saturated carbocycles. The lowest BCUT2D eigenvalue weighted by molar-refractivity contribution is -0.130. The fourth-order valence-corrected chi connectivity index (χ4v) is 3.89. The minimum absolute atomic E-state index is 0.000942. The van der Waals surface area contributed by atoms with Crippen molar-refractivity contribution in [3.8, 4) is 0 Å². The number of benzene rings is 1. The van der Waals surface area contributed by atoms with Crippen LogP contribution in [0.1, 0.15) is 26.7 Å². The number of amides is 3. The quantitative estimate of drug-likeness (QED) is 0.867. The van der Waals surface area contributed by atoms with Crippen LogP contribution >= 0.6 is 0 Å². The SMILES string of the molecule is CC(C)NC(=O)[C@@H]1CN(C(=O)Nc2ccc(F)cc2)CC12CCOCC2. The highest BCUT2D eigenvalue weighted by molar-refractivity contribution is 5.90. The molecule has 0 bridgehead atoms. The Morgan fingerprint density at radius 1 is 1.23 bits per heavy atom. The molecular formula is C19H26FN3O3. The maximum atomic E-state index is 13.0. The van der Waals surface area contributed by atoms with Crippen LogP contribution < -0.4 is 10.6 Å². The number of nitrogens with zero attached hydrogens (tertiary/aromatic N) is 1. The molecule has 2 fully saturated rings. The van der Waals surface area contributed by atoms with Gasteiger partial charge in [-0.3, -0.25) is 4.79 Å². The first-order chi connectivity index (χ1) is 12.4. The average Bonchev–Trinajstić information content (AvgIpc) is 2.96. The van der Waals surface area contributed by atoms with Crippen molar-refractivity contribution in [3.05, 3.63) is 30.1 Å². The number of carbonyl (C=O) groups is 2. The van der Waals surface area contributed by atoms with Gasteiger partial charge in [0.1, 0.15) is 5.82 Å². The molecule has 1 aromatic carbocycles. The minimum atomic E-state index is -0.351. The van der Waals surface area contributed by atoms with Gasteiger partial charge in [0.2, 0.25) is 5.91 Å². The lowest BCUT2D eigenvalue weighted by Crippen LogP contribution is -2.46. The molecule has 7 heteroatoms. The van der Waals surface area contributed by atoms with Crippen LogP contribution in [0.2, 0.25) is 0 Å². The normalized spacial score (nSPS) is 21.8. The van der Waals surface area contributed by atoms with Crippen molar-refractivity contribution < 1.29 is 18.7 Å².